The highest BCUT2D eigenvalue weighted by molar-refractivity contribution is 5.87. The number of benzene rings is 3. The van der Waals surface area contributed by atoms with E-state index in [1.165, 1.54) is 24.3 Å². The monoisotopic (exact) mass is 412 g/mol. The summed E-state index contributed by atoms with van der Waals surface area (Å²) in [5, 5.41) is 18.7. The lowest BCUT2D eigenvalue weighted by Gasteiger charge is -2.08. The predicted octanol–water partition coefficient (Wildman–Crippen LogP) is 5.43. The second-order valence-corrected chi connectivity index (χ2v) is 6.90. The average molecular weight is 412 g/mol. The number of ether oxygens (including phenoxy) is 1. The second-order valence-electron chi connectivity index (χ2n) is 6.90. The van der Waals surface area contributed by atoms with Gasteiger partial charge in [0.2, 0.25) is 0 Å². The number of rotatable bonds is 6. The molecule has 0 bridgehead atoms. The Bertz CT molecular complexity index is 1270. The SMILES string of the molecule is N#Cc1cn(-c2ccc(C(=O)O)cc2)cc1-c1cccc(OCc2ccc(F)cc2)c1. The molecule has 0 saturated carbocycles. The maximum absolute atomic E-state index is 13.0. The van der Waals surface area contributed by atoms with Gasteiger partial charge < -0.3 is 14.4 Å². The van der Waals surface area contributed by atoms with Gasteiger partial charge in [0, 0.05) is 23.6 Å². The summed E-state index contributed by atoms with van der Waals surface area (Å²) < 4.78 is 20.7. The highest BCUT2D eigenvalue weighted by Crippen LogP contribution is 2.29. The minimum absolute atomic E-state index is 0.197. The number of hydrogen-bond acceptors (Lipinski definition) is 3. The van der Waals surface area contributed by atoms with Gasteiger partial charge in [-0.25, -0.2) is 9.18 Å². The highest BCUT2D eigenvalue weighted by Gasteiger charge is 2.12. The summed E-state index contributed by atoms with van der Waals surface area (Å²) in [6.45, 7) is 0.297. The third kappa shape index (κ3) is 4.46. The maximum Gasteiger partial charge on any atom is 0.335 e. The van der Waals surface area contributed by atoms with Crippen molar-refractivity contribution in [3.8, 4) is 28.6 Å². The van der Waals surface area contributed by atoms with Crippen molar-refractivity contribution in [1.82, 2.24) is 4.57 Å². The number of carboxylic acids is 1. The molecule has 0 amide bonds. The van der Waals surface area contributed by atoms with Crippen LogP contribution in [0.2, 0.25) is 0 Å². The van der Waals surface area contributed by atoms with Crippen LogP contribution in [0, 0.1) is 17.1 Å². The zero-order chi connectivity index (χ0) is 21.8. The molecule has 0 saturated heterocycles. The van der Waals surface area contributed by atoms with Crippen molar-refractivity contribution in [2.75, 3.05) is 0 Å². The third-order valence-electron chi connectivity index (χ3n) is 4.82. The summed E-state index contributed by atoms with van der Waals surface area (Å²) in [6.07, 6.45) is 3.53. The van der Waals surface area contributed by atoms with E-state index in [0.717, 1.165) is 22.4 Å². The van der Waals surface area contributed by atoms with E-state index in [1.807, 2.05) is 30.5 Å². The van der Waals surface area contributed by atoms with E-state index in [-0.39, 0.29) is 11.4 Å². The fraction of sp³-hybridized carbons (Fsp3) is 0.0400. The summed E-state index contributed by atoms with van der Waals surface area (Å²) in [6, 6.07) is 22.1. The van der Waals surface area contributed by atoms with Crippen molar-refractivity contribution in [3.05, 3.63) is 108 Å². The van der Waals surface area contributed by atoms with E-state index >= 15 is 0 Å². The molecule has 5 nitrogen and oxygen atoms in total. The Morgan fingerprint density at radius 1 is 1.03 bits per heavy atom. The molecule has 6 heteroatoms. The topological polar surface area (TPSA) is 75.2 Å². The first kappa shape index (κ1) is 19.9. The van der Waals surface area contributed by atoms with Crippen molar-refractivity contribution in [2.45, 2.75) is 6.61 Å². The molecule has 1 aromatic heterocycles. The molecule has 0 aliphatic rings. The van der Waals surface area contributed by atoms with Gasteiger partial charge >= 0.3 is 5.97 Å². The van der Waals surface area contributed by atoms with E-state index in [2.05, 4.69) is 6.07 Å². The molecule has 0 fully saturated rings. The van der Waals surface area contributed by atoms with E-state index < -0.39 is 5.97 Å². The van der Waals surface area contributed by atoms with Gasteiger partial charge in [0.15, 0.2) is 0 Å². The van der Waals surface area contributed by atoms with Crippen LogP contribution in [0.15, 0.2) is 85.2 Å². The average Bonchev–Trinajstić information content (AvgIpc) is 3.23. The molecule has 0 radical (unpaired) electrons. The number of nitriles is 1. The van der Waals surface area contributed by atoms with Crippen molar-refractivity contribution in [2.24, 2.45) is 0 Å². The van der Waals surface area contributed by atoms with Crippen molar-refractivity contribution in [3.63, 3.8) is 0 Å². The van der Waals surface area contributed by atoms with E-state index in [1.54, 1.807) is 35.0 Å². The van der Waals surface area contributed by atoms with Crippen molar-refractivity contribution >= 4 is 5.97 Å². The van der Waals surface area contributed by atoms with Crippen LogP contribution >= 0.6 is 0 Å². The molecule has 0 atom stereocenters. The van der Waals surface area contributed by atoms with Gasteiger partial charge in [0.1, 0.15) is 24.2 Å². The molecule has 0 aliphatic carbocycles. The van der Waals surface area contributed by atoms with Gasteiger partial charge in [0.25, 0.3) is 0 Å². The molecule has 4 aromatic rings. The number of aromatic carboxylic acids is 1. The lowest BCUT2D eigenvalue weighted by molar-refractivity contribution is 0.0697. The molecule has 1 N–H and O–H groups in total. The molecule has 4 rings (SSSR count). The smallest absolute Gasteiger partial charge is 0.335 e. The number of aromatic nitrogens is 1. The minimum Gasteiger partial charge on any atom is -0.489 e. The number of halogens is 1. The van der Waals surface area contributed by atoms with Crippen molar-refractivity contribution < 1.29 is 19.0 Å². The van der Waals surface area contributed by atoms with Crippen LogP contribution in [-0.2, 0) is 6.61 Å². The lowest BCUT2D eigenvalue weighted by Crippen LogP contribution is -1.97. The Morgan fingerprint density at radius 3 is 2.45 bits per heavy atom. The van der Waals surface area contributed by atoms with Crippen LogP contribution < -0.4 is 4.74 Å². The number of nitrogens with zero attached hydrogens (tertiary/aromatic N) is 2. The van der Waals surface area contributed by atoms with Crippen molar-refractivity contribution in [1.29, 1.82) is 5.26 Å². The Balaban J connectivity index is 1.59. The quantitative estimate of drug-likeness (QED) is 0.458. The van der Waals surface area contributed by atoms with E-state index in [4.69, 9.17) is 9.84 Å². The van der Waals surface area contributed by atoms with E-state index in [9.17, 15) is 14.4 Å². The molecule has 152 valence electrons. The van der Waals surface area contributed by atoms with Gasteiger partial charge in [-0.05, 0) is 59.7 Å². The van der Waals surface area contributed by atoms with Crippen LogP contribution in [0.4, 0.5) is 4.39 Å². The summed E-state index contributed by atoms with van der Waals surface area (Å²) in [5.41, 5.74) is 3.82. The minimum atomic E-state index is -0.991. The maximum atomic E-state index is 13.0. The highest BCUT2D eigenvalue weighted by atomic mass is 19.1. The van der Waals surface area contributed by atoms with Crippen LogP contribution in [-0.4, -0.2) is 15.6 Å². The zero-order valence-corrected chi connectivity index (χ0v) is 16.3. The summed E-state index contributed by atoms with van der Waals surface area (Å²) in [5.74, 6) is -0.656. The fourth-order valence-electron chi connectivity index (χ4n) is 3.20. The molecule has 0 spiro atoms. The van der Waals surface area contributed by atoms with Gasteiger partial charge in [-0.3, -0.25) is 0 Å². The van der Waals surface area contributed by atoms with Crippen LogP contribution in [0.1, 0.15) is 21.5 Å². The normalized spacial score (nSPS) is 10.5. The Hall–Kier alpha value is -4.37. The molecular formula is C25H17FN2O3. The summed E-state index contributed by atoms with van der Waals surface area (Å²) >= 11 is 0. The number of hydrogen-bond donors (Lipinski definition) is 1. The number of carbonyl (C=O) groups is 1. The largest absolute Gasteiger partial charge is 0.489 e. The third-order valence-corrected chi connectivity index (χ3v) is 4.82. The Labute approximate surface area is 178 Å². The molecule has 0 unspecified atom stereocenters. The Morgan fingerprint density at radius 2 is 1.77 bits per heavy atom. The van der Waals surface area contributed by atoms with Gasteiger partial charge in [-0.1, -0.05) is 24.3 Å². The van der Waals surface area contributed by atoms with Gasteiger partial charge in [0.05, 0.1) is 11.1 Å². The molecule has 1 heterocycles. The molecule has 31 heavy (non-hydrogen) atoms. The van der Waals surface area contributed by atoms with E-state index in [0.29, 0.717) is 17.9 Å². The first-order valence-corrected chi connectivity index (χ1v) is 9.47. The summed E-state index contributed by atoms with van der Waals surface area (Å²) in [4.78, 5) is 11.1. The fourth-order valence-corrected chi connectivity index (χ4v) is 3.20. The van der Waals surface area contributed by atoms with Crippen LogP contribution in [0.25, 0.3) is 16.8 Å². The zero-order valence-electron chi connectivity index (χ0n) is 16.3. The standard InChI is InChI=1S/C25H17FN2O3/c26-21-8-4-17(5-9-21)16-31-23-3-1-2-19(12-23)24-15-28(14-20(24)13-27)22-10-6-18(7-11-22)25(29)30/h1-12,14-15H,16H2,(H,29,30). The predicted molar refractivity (Wildman–Crippen MR) is 114 cm³/mol. The van der Waals surface area contributed by atoms with Crippen LogP contribution in [0.3, 0.4) is 0 Å². The molecule has 3 aromatic carbocycles. The lowest BCUT2D eigenvalue weighted by atomic mass is 10.1. The van der Waals surface area contributed by atoms with Crippen LogP contribution in [0.5, 0.6) is 5.75 Å². The van der Waals surface area contributed by atoms with Gasteiger partial charge in [-0.15, -0.1) is 0 Å². The first-order chi connectivity index (χ1) is 15.0. The first-order valence-electron chi connectivity index (χ1n) is 9.47. The summed E-state index contributed by atoms with van der Waals surface area (Å²) in [7, 11) is 0. The second kappa shape index (κ2) is 8.56. The van der Waals surface area contributed by atoms with Gasteiger partial charge in [-0.2, -0.15) is 5.26 Å². The Kier molecular flexibility index (Phi) is 5.50. The molecule has 0 aliphatic heterocycles. The number of carboxylic acid groups (broad SMARTS) is 1. The molecular weight excluding hydrogens is 395 g/mol.